The van der Waals surface area contributed by atoms with Gasteiger partial charge < -0.3 is 10.3 Å². The molecule has 0 bridgehead atoms. The number of pyridine rings is 1. The minimum Gasteiger partial charge on any atom is -0.346 e. The average molecular weight is 331 g/mol. The molecular weight excluding hydrogens is 317 g/mol. The summed E-state index contributed by atoms with van der Waals surface area (Å²) < 4.78 is 63.6. The molecule has 0 amide bonds. The molecule has 124 valence electrons. The van der Waals surface area contributed by atoms with E-state index in [4.69, 9.17) is 0 Å². The number of hydrogen-bond acceptors (Lipinski definition) is 2. The van der Waals surface area contributed by atoms with Gasteiger partial charge >= 0.3 is 12.1 Å². The van der Waals surface area contributed by atoms with E-state index in [0.29, 0.717) is 17.8 Å². The third-order valence-electron chi connectivity index (χ3n) is 3.89. The second-order valence-electron chi connectivity index (χ2n) is 5.59. The second kappa shape index (κ2) is 5.59. The van der Waals surface area contributed by atoms with Crippen LogP contribution in [0.4, 0.5) is 22.0 Å². The molecule has 0 aliphatic carbocycles. The number of fused-ring (bicyclic) bond motifs is 1. The van der Waals surface area contributed by atoms with E-state index in [1.165, 1.54) is 6.08 Å². The smallest absolute Gasteiger partial charge is 0.346 e. The molecule has 2 aromatic rings. The van der Waals surface area contributed by atoms with Crippen molar-refractivity contribution in [2.45, 2.75) is 18.5 Å². The number of H-pyrrole nitrogens is 1. The van der Waals surface area contributed by atoms with Gasteiger partial charge in [-0.1, -0.05) is 6.08 Å². The molecule has 1 atom stereocenters. The first-order valence-corrected chi connectivity index (χ1v) is 7.06. The van der Waals surface area contributed by atoms with Crippen molar-refractivity contribution in [3.8, 4) is 0 Å². The topological polar surface area (TPSA) is 40.7 Å². The highest BCUT2D eigenvalue weighted by Gasteiger charge is 2.57. The maximum Gasteiger partial charge on any atom is 0.453 e. The predicted molar refractivity (Wildman–Crippen MR) is 76.0 cm³/mol. The minimum atomic E-state index is -5.52. The number of hydrogen-bond donors (Lipinski definition) is 2. The molecule has 0 saturated heterocycles. The fourth-order valence-corrected chi connectivity index (χ4v) is 2.78. The normalized spacial score (nSPS) is 19.9. The van der Waals surface area contributed by atoms with E-state index in [-0.39, 0.29) is 6.54 Å². The lowest BCUT2D eigenvalue weighted by Crippen LogP contribution is -2.41. The molecule has 1 aliphatic heterocycles. The van der Waals surface area contributed by atoms with Crippen molar-refractivity contribution in [3.63, 3.8) is 0 Å². The molecule has 1 unspecified atom stereocenters. The highest BCUT2D eigenvalue weighted by atomic mass is 19.4. The highest BCUT2D eigenvalue weighted by Crippen LogP contribution is 2.41. The number of aromatic amines is 1. The third-order valence-corrected chi connectivity index (χ3v) is 3.89. The number of alkyl halides is 5. The van der Waals surface area contributed by atoms with E-state index in [0.717, 1.165) is 10.9 Å². The Kier molecular flexibility index (Phi) is 3.87. The molecular formula is C15H14F5N3. The number of nitrogens with one attached hydrogen (secondary N) is 2. The summed E-state index contributed by atoms with van der Waals surface area (Å²) in [5.41, 5.74) is 2.10. The van der Waals surface area contributed by atoms with Crippen molar-refractivity contribution >= 4 is 16.6 Å². The summed E-state index contributed by atoms with van der Waals surface area (Å²) in [6.07, 6.45) is -1.97. The third kappa shape index (κ3) is 3.08. The van der Waals surface area contributed by atoms with Crippen molar-refractivity contribution in [2.75, 3.05) is 13.1 Å². The van der Waals surface area contributed by atoms with Crippen LogP contribution in [0.1, 0.15) is 12.0 Å². The zero-order chi connectivity index (χ0) is 16.7. The van der Waals surface area contributed by atoms with Crippen LogP contribution >= 0.6 is 0 Å². The van der Waals surface area contributed by atoms with Gasteiger partial charge in [0, 0.05) is 42.9 Å². The zero-order valence-electron chi connectivity index (χ0n) is 11.9. The summed E-state index contributed by atoms with van der Waals surface area (Å²) in [5.74, 6) is -5.59. The summed E-state index contributed by atoms with van der Waals surface area (Å²) >= 11 is 0. The Morgan fingerprint density at radius 1 is 1.22 bits per heavy atom. The Bertz CT molecular complexity index is 732. The molecule has 0 spiro atoms. The Labute approximate surface area is 128 Å². The number of aromatic nitrogens is 2. The van der Waals surface area contributed by atoms with Crippen LogP contribution in [0, 0.1) is 5.92 Å². The van der Waals surface area contributed by atoms with Crippen LogP contribution in [0.5, 0.6) is 0 Å². The molecule has 2 aromatic heterocycles. The first-order valence-electron chi connectivity index (χ1n) is 7.06. The molecule has 0 saturated carbocycles. The SMILES string of the molecule is FC(F)(F)C(F)(F)CC1C=C(c2c[nH]c3ncccc23)CNC1. The van der Waals surface area contributed by atoms with Crippen LogP contribution in [0.2, 0.25) is 0 Å². The molecule has 1 aliphatic rings. The van der Waals surface area contributed by atoms with Gasteiger partial charge in [-0.15, -0.1) is 0 Å². The lowest BCUT2D eigenvalue weighted by molar-refractivity contribution is -0.286. The van der Waals surface area contributed by atoms with E-state index in [9.17, 15) is 22.0 Å². The molecule has 3 heterocycles. The first kappa shape index (κ1) is 15.9. The van der Waals surface area contributed by atoms with Crippen LogP contribution in [0.25, 0.3) is 16.6 Å². The molecule has 2 N–H and O–H groups in total. The fourth-order valence-electron chi connectivity index (χ4n) is 2.78. The van der Waals surface area contributed by atoms with Crippen molar-refractivity contribution in [1.29, 1.82) is 0 Å². The van der Waals surface area contributed by atoms with Gasteiger partial charge in [0.25, 0.3) is 0 Å². The molecule has 0 fully saturated rings. The van der Waals surface area contributed by atoms with E-state index >= 15 is 0 Å². The molecule has 0 radical (unpaired) electrons. The van der Waals surface area contributed by atoms with Gasteiger partial charge in [-0.2, -0.15) is 22.0 Å². The summed E-state index contributed by atoms with van der Waals surface area (Å²) in [6, 6.07) is 3.56. The van der Waals surface area contributed by atoms with Gasteiger partial charge in [0.1, 0.15) is 5.65 Å². The van der Waals surface area contributed by atoms with Gasteiger partial charge in [0.2, 0.25) is 0 Å². The van der Waals surface area contributed by atoms with E-state index in [2.05, 4.69) is 15.3 Å². The first-order chi connectivity index (χ1) is 10.8. The number of halogens is 5. The van der Waals surface area contributed by atoms with Crippen LogP contribution in [0.3, 0.4) is 0 Å². The lowest BCUT2D eigenvalue weighted by Gasteiger charge is -2.27. The Morgan fingerprint density at radius 2 is 2.00 bits per heavy atom. The standard InChI is InChI=1S/C15H14F5N3/c16-14(17,15(18,19)20)5-9-4-10(7-21-6-9)12-8-23-13-11(12)2-1-3-22-13/h1-4,8-9,21H,5-7H2,(H,22,23). The predicted octanol–water partition coefficient (Wildman–Crippen LogP) is 3.75. The quantitative estimate of drug-likeness (QED) is 0.841. The van der Waals surface area contributed by atoms with Crippen LogP contribution < -0.4 is 5.32 Å². The van der Waals surface area contributed by atoms with Crippen LogP contribution in [-0.2, 0) is 0 Å². The average Bonchev–Trinajstić information content (AvgIpc) is 2.90. The highest BCUT2D eigenvalue weighted by molar-refractivity contribution is 5.91. The minimum absolute atomic E-state index is 0.0930. The fraction of sp³-hybridized carbons (Fsp3) is 0.400. The van der Waals surface area contributed by atoms with Crippen LogP contribution in [-0.4, -0.2) is 35.2 Å². The van der Waals surface area contributed by atoms with Crippen molar-refractivity contribution in [1.82, 2.24) is 15.3 Å². The Hall–Kier alpha value is -1.96. The van der Waals surface area contributed by atoms with E-state index in [1.54, 1.807) is 18.5 Å². The largest absolute Gasteiger partial charge is 0.453 e. The van der Waals surface area contributed by atoms with Crippen LogP contribution in [0.15, 0.2) is 30.6 Å². The summed E-state index contributed by atoms with van der Waals surface area (Å²) in [6.45, 7) is 0.506. The van der Waals surface area contributed by atoms with E-state index < -0.39 is 24.4 Å². The van der Waals surface area contributed by atoms with Crippen molar-refractivity contribution in [3.05, 3.63) is 36.2 Å². The van der Waals surface area contributed by atoms with Gasteiger partial charge in [-0.25, -0.2) is 4.98 Å². The zero-order valence-corrected chi connectivity index (χ0v) is 11.9. The summed E-state index contributed by atoms with van der Waals surface area (Å²) in [7, 11) is 0. The summed E-state index contributed by atoms with van der Waals surface area (Å²) in [5, 5.41) is 3.72. The number of nitrogens with zero attached hydrogens (tertiary/aromatic N) is 1. The maximum atomic E-state index is 13.2. The van der Waals surface area contributed by atoms with Crippen molar-refractivity contribution in [2.24, 2.45) is 5.92 Å². The molecule has 3 rings (SSSR count). The van der Waals surface area contributed by atoms with Crippen molar-refractivity contribution < 1.29 is 22.0 Å². The Morgan fingerprint density at radius 3 is 2.74 bits per heavy atom. The maximum absolute atomic E-state index is 13.2. The second-order valence-corrected chi connectivity index (χ2v) is 5.59. The monoisotopic (exact) mass is 331 g/mol. The number of rotatable bonds is 3. The molecule has 23 heavy (non-hydrogen) atoms. The lowest BCUT2D eigenvalue weighted by atomic mass is 9.92. The van der Waals surface area contributed by atoms with Gasteiger partial charge in [-0.3, -0.25) is 0 Å². The van der Waals surface area contributed by atoms with Gasteiger partial charge in [0.15, 0.2) is 0 Å². The molecule has 0 aromatic carbocycles. The van der Waals surface area contributed by atoms with Gasteiger partial charge in [0.05, 0.1) is 0 Å². The Balaban J connectivity index is 1.88. The molecule has 3 nitrogen and oxygen atoms in total. The summed E-state index contributed by atoms with van der Waals surface area (Å²) in [4.78, 5) is 7.10. The van der Waals surface area contributed by atoms with Gasteiger partial charge in [-0.05, 0) is 23.6 Å². The van der Waals surface area contributed by atoms with E-state index in [1.807, 2.05) is 6.07 Å². The molecule has 8 heteroatoms.